The average molecular weight is 288 g/mol. The number of carbonyl (C=O) groups excluding carboxylic acids is 1. The van der Waals surface area contributed by atoms with E-state index < -0.39 is 0 Å². The maximum Gasteiger partial charge on any atom is 0.224 e. The molecule has 2 aromatic heterocycles. The van der Waals surface area contributed by atoms with E-state index in [1.807, 2.05) is 39.9 Å². The Morgan fingerprint density at radius 3 is 3.00 bits per heavy atom. The molecule has 3 rings (SSSR count). The molecule has 0 bridgehead atoms. The lowest BCUT2D eigenvalue weighted by molar-refractivity contribution is -0.135. The van der Waals surface area contributed by atoms with Gasteiger partial charge in [-0.15, -0.1) is 0 Å². The third-order valence-corrected chi connectivity index (χ3v) is 3.60. The molecule has 6 nitrogen and oxygen atoms in total. The van der Waals surface area contributed by atoms with Crippen molar-refractivity contribution in [1.29, 1.82) is 0 Å². The fourth-order valence-corrected chi connectivity index (χ4v) is 2.46. The summed E-state index contributed by atoms with van der Waals surface area (Å²) >= 11 is 0. The molecule has 1 aliphatic rings. The van der Waals surface area contributed by atoms with Gasteiger partial charge in [0, 0.05) is 45.0 Å². The van der Waals surface area contributed by atoms with Gasteiger partial charge < -0.3 is 19.4 Å². The lowest BCUT2D eigenvalue weighted by atomic mass is 10.3. The molecule has 1 fully saturated rings. The topological polar surface area (TPSA) is 58.9 Å². The Morgan fingerprint density at radius 1 is 1.33 bits per heavy atom. The van der Waals surface area contributed by atoms with Crippen molar-refractivity contribution >= 4 is 11.6 Å². The van der Waals surface area contributed by atoms with Gasteiger partial charge in [-0.05, 0) is 12.1 Å². The maximum atomic E-state index is 12.0. The van der Waals surface area contributed by atoms with Crippen LogP contribution in [0.4, 0.5) is 0 Å². The van der Waals surface area contributed by atoms with Crippen molar-refractivity contribution in [2.24, 2.45) is 0 Å². The fourth-order valence-electron chi connectivity index (χ4n) is 2.46. The molecular formula is C15H20N4O2. The number of fused-ring (bicyclic) bond motifs is 1. The van der Waals surface area contributed by atoms with Gasteiger partial charge in [-0.1, -0.05) is 6.07 Å². The van der Waals surface area contributed by atoms with Crippen molar-refractivity contribution in [2.75, 3.05) is 32.8 Å². The van der Waals surface area contributed by atoms with Gasteiger partial charge in [0.1, 0.15) is 5.65 Å². The maximum absolute atomic E-state index is 12.0. The highest BCUT2D eigenvalue weighted by Crippen LogP contribution is 2.04. The summed E-state index contributed by atoms with van der Waals surface area (Å²) in [5.41, 5.74) is 1.93. The molecular weight excluding hydrogens is 268 g/mol. The summed E-state index contributed by atoms with van der Waals surface area (Å²) in [6.45, 7) is 4.08. The van der Waals surface area contributed by atoms with Gasteiger partial charge in [0.25, 0.3) is 0 Å². The number of amides is 1. The molecule has 21 heavy (non-hydrogen) atoms. The first-order valence-electron chi connectivity index (χ1n) is 7.32. The number of rotatable bonds is 5. The van der Waals surface area contributed by atoms with Gasteiger partial charge in [-0.2, -0.15) is 0 Å². The standard InChI is InChI=1S/C15H20N4O2/c20-15(18-7-9-21-10-8-18)4-5-16-11-13-12-19-6-2-1-3-14(19)17-13/h1-3,6,12,16H,4-5,7-11H2. The number of ether oxygens (including phenoxy) is 1. The number of nitrogens with one attached hydrogen (secondary N) is 1. The Morgan fingerprint density at radius 2 is 2.19 bits per heavy atom. The Bertz CT molecular complexity index is 571. The second kappa shape index (κ2) is 6.69. The molecule has 0 spiro atoms. The summed E-state index contributed by atoms with van der Waals surface area (Å²) in [5, 5.41) is 3.28. The predicted octanol–water partition coefficient (Wildman–Crippen LogP) is 0.673. The van der Waals surface area contributed by atoms with Gasteiger partial charge in [0.2, 0.25) is 5.91 Å². The van der Waals surface area contributed by atoms with Crippen LogP contribution in [0.25, 0.3) is 5.65 Å². The van der Waals surface area contributed by atoms with Gasteiger partial charge in [-0.3, -0.25) is 4.79 Å². The minimum absolute atomic E-state index is 0.195. The highest BCUT2D eigenvalue weighted by atomic mass is 16.5. The third kappa shape index (κ3) is 3.59. The molecule has 0 aromatic carbocycles. The summed E-state index contributed by atoms with van der Waals surface area (Å²) in [4.78, 5) is 18.3. The lowest BCUT2D eigenvalue weighted by Gasteiger charge is -2.26. The number of nitrogens with zero attached hydrogens (tertiary/aromatic N) is 3. The second-order valence-corrected chi connectivity index (χ2v) is 5.12. The molecule has 0 atom stereocenters. The predicted molar refractivity (Wildman–Crippen MR) is 78.9 cm³/mol. The van der Waals surface area contributed by atoms with E-state index in [2.05, 4.69) is 10.3 Å². The average Bonchev–Trinajstić information content (AvgIpc) is 2.95. The number of imidazole rings is 1. The molecule has 2 aromatic rings. The summed E-state index contributed by atoms with van der Waals surface area (Å²) in [7, 11) is 0. The first kappa shape index (κ1) is 14.0. The minimum Gasteiger partial charge on any atom is -0.378 e. The largest absolute Gasteiger partial charge is 0.378 e. The van der Waals surface area contributed by atoms with E-state index in [1.54, 1.807) is 0 Å². The highest BCUT2D eigenvalue weighted by Gasteiger charge is 2.15. The number of aromatic nitrogens is 2. The zero-order valence-electron chi connectivity index (χ0n) is 12.0. The van der Waals surface area contributed by atoms with E-state index in [-0.39, 0.29) is 5.91 Å². The second-order valence-electron chi connectivity index (χ2n) is 5.12. The van der Waals surface area contributed by atoms with Gasteiger partial charge in [0.15, 0.2) is 0 Å². The molecule has 1 N–H and O–H groups in total. The Kier molecular flexibility index (Phi) is 4.47. The zero-order chi connectivity index (χ0) is 14.5. The molecule has 0 aliphatic carbocycles. The molecule has 1 saturated heterocycles. The Hall–Kier alpha value is -1.92. The van der Waals surface area contributed by atoms with Crippen LogP contribution in [0.2, 0.25) is 0 Å². The van der Waals surface area contributed by atoms with Crippen LogP contribution in [0.1, 0.15) is 12.1 Å². The van der Waals surface area contributed by atoms with E-state index in [9.17, 15) is 4.79 Å². The van der Waals surface area contributed by atoms with Gasteiger partial charge >= 0.3 is 0 Å². The van der Waals surface area contributed by atoms with E-state index >= 15 is 0 Å². The van der Waals surface area contributed by atoms with Gasteiger partial charge in [-0.25, -0.2) is 4.98 Å². The zero-order valence-corrected chi connectivity index (χ0v) is 12.0. The van der Waals surface area contributed by atoms with Crippen LogP contribution < -0.4 is 5.32 Å². The Labute approximate surface area is 123 Å². The molecule has 6 heteroatoms. The summed E-state index contributed by atoms with van der Waals surface area (Å²) in [5.74, 6) is 0.195. The van der Waals surface area contributed by atoms with Gasteiger partial charge in [0.05, 0.1) is 18.9 Å². The van der Waals surface area contributed by atoms with E-state index in [4.69, 9.17) is 4.74 Å². The smallest absolute Gasteiger partial charge is 0.224 e. The van der Waals surface area contributed by atoms with Crippen molar-refractivity contribution in [3.8, 4) is 0 Å². The van der Waals surface area contributed by atoms with Crippen molar-refractivity contribution < 1.29 is 9.53 Å². The number of carbonyl (C=O) groups is 1. The first-order valence-corrected chi connectivity index (χ1v) is 7.32. The molecule has 0 saturated carbocycles. The van der Waals surface area contributed by atoms with E-state index in [1.165, 1.54) is 0 Å². The Balaban J connectivity index is 1.42. The molecule has 112 valence electrons. The van der Waals surface area contributed by atoms with E-state index in [0.29, 0.717) is 45.8 Å². The van der Waals surface area contributed by atoms with Crippen molar-refractivity contribution in [1.82, 2.24) is 19.6 Å². The van der Waals surface area contributed by atoms with Crippen molar-refractivity contribution in [2.45, 2.75) is 13.0 Å². The molecule has 0 radical (unpaired) electrons. The molecule has 1 amide bonds. The third-order valence-electron chi connectivity index (χ3n) is 3.60. The number of hydrogen-bond acceptors (Lipinski definition) is 4. The van der Waals surface area contributed by atoms with Crippen LogP contribution in [0, 0.1) is 0 Å². The van der Waals surface area contributed by atoms with Crippen LogP contribution >= 0.6 is 0 Å². The van der Waals surface area contributed by atoms with Crippen LogP contribution in [0.5, 0.6) is 0 Å². The quantitative estimate of drug-likeness (QED) is 0.822. The number of hydrogen-bond donors (Lipinski definition) is 1. The first-order chi connectivity index (χ1) is 10.3. The molecule has 0 unspecified atom stereocenters. The van der Waals surface area contributed by atoms with Crippen LogP contribution in [-0.2, 0) is 16.1 Å². The van der Waals surface area contributed by atoms with Crippen molar-refractivity contribution in [3.05, 3.63) is 36.3 Å². The summed E-state index contributed by atoms with van der Waals surface area (Å²) in [6, 6.07) is 5.93. The lowest BCUT2D eigenvalue weighted by Crippen LogP contribution is -2.41. The van der Waals surface area contributed by atoms with Crippen molar-refractivity contribution in [3.63, 3.8) is 0 Å². The van der Waals surface area contributed by atoms with E-state index in [0.717, 1.165) is 11.3 Å². The normalized spacial score (nSPS) is 15.5. The monoisotopic (exact) mass is 288 g/mol. The fraction of sp³-hybridized carbons (Fsp3) is 0.467. The van der Waals surface area contributed by atoms with Crippen LogP contribution in [0.15, 0.2) is 30.6 Å². The number of pyridine rings is 1. The minimum atomic E-state index is 0.195. The summed E-state index contributed by atoms with van der Waals surface area (Å²) < 4.78 is 7.24. The molecule has 1 aliphatic heterocycles. The SMILES string of the molecule is O=C(CCNCc1cn2ccccc2n1)N1CCOCC1. The van der Waals surface area contributed by atoms with Crippen LogP contribution in [-0.4, -0.2) is 53.0 Å². The highest BCUT2D eigenvalue weighted by molar-refractivity contribution is 5.76. The summed E-state index contributed by atoms with van der Waals surface area (Å²) in [6.07, 6.45) is 4.51. The van der Waals surface area contributed by atoms with Crippen LogP contribution in [0.3, 0.4) is 0 Å². The number of morpholine rings is 1. The molecule has 3 heterocycles.